The molecule has 0 saturated carbocycles. The molecule has 1 atom stereocenters. The van der Waals surface area contributed by atoms with Gasteiger partial charge in [0.2, 0.25) is 0 Å². The summed E-state index contributed by atoms with van der Waals surface area (Å²) < 4.78 is 0.324. The maximum absolute atomic E-state index is 10.9. The van der Waals surface area contributed by atoms with Crippen LogP contribution in [0.2, 0.25) is 0 Å². The Morgan fingerprint density at radius 1 is 1.59 bits per heavy atom. The summed E-state index contributed by atoms with van der Waals surface area (Å²) in [6.45, 7) is 5.57. The average molecular weight is 300 g/mol. The zero-order chi connectivity index (χ0) is 13.2. The highest BCUT2D eigenvalue weighted by molar-refractivity contribution is 9.10. The van der Waals surface area contributed by atoms with E-state index in [1.165, 1.54) is 12.1 Å². The fraction of sp³-hybridized carbons (Fsp3) is 0.250. The molecule has 0 aliphatic rings. The highest BCUT2D eigenvalue weighted by atomic mass is 79.9. The van der Waals surface area contributed by atoms with E-state index < -0.39 is 12.0 Å². The Bertz CT molecular complexity index is 471. The van der Waals surface area contributed by atoms with E-state index >= 15 is 0 Å². The van der Waals surface area contributed by atoms with E-state index in [1.807, 2.05) is 6.92 Å². The summed E-state index contributed by atoms with van der Waals surface area (Å²) in [4.78, 5) is 10.9. The van der Waals surface area contributed by atoms with Gasteiger partial charge >= 0.3 is 5.97 Å². The van der Waals surface area contributed by atoms with Gasteiger partial charge in [-0.15, -0.1) is 6.58 Å². The first-order valence-corrected chi connectivity index (χ1v) is 5.78. The minimum atomic E-state index is -1.06. The Balaban J connectivity index is 3.22. The smallest absolute Gasteiger partial charge is 0.335 e. The molecule has 1 aromatic rings. The summed E-state index contributed by atoms with van der Waals surface area (Å²) in [6.07, 6.45) is 0.489. The SMILES string of the molecule is C=C(C)C[C@H](N)c1cc(C(=O)O)cc(Br)c1O. The highest BCUT2D eigenvalue weighted by Gasteiger charge is 2.17. The van der Waals surface area contributed by atoms with E-state index in [2.05, 4.69) is 22.5 Å². The molecule has 0 aliphatic heterocycles. The number of phenolic OH excluding ortho intramolecular Hbond substituents is 1. The molecule has 0 aromatic heterocycles. The molecule has 0 unspecified atom stereocenters. The second-order valence-electron chi connectivity index (χ2n) is 3.97. The van der Waals surface area contributed by atoms with E-state index in [9.17, 15) is 9.90 Å². The molecule has 1 aromatic carbocycles. The predicted molar refractivity (Wildman–Crippen MR) is 69.1 cm³/mol. The first-order chi connectivity index (χ1) is 7.82. The van der Waals surface area contributed by atoms with Crippen LogP contribution in [-0.4, -0.2) is 16.2 Å². The van der Waals surface area contributed by atoms with Crippen LogP contribution in [0.15, 0.2) is 28.8 Å². The average Bonchev–Trinajstić information content (AvgIpc) is 2.20. The summed E-state index contributed by atoms with van der Waals surface area (Å²) in [5.41, 5.74) is 7.26. The minimum absolute atomic E-state index is 0.0243. The molecule has 17 heavy (non-hydrogen) atoms. The fourth-order valence-corrected chi connectivity index (χ4v) is 1.99. The van der Waals surface area contributed by atoms with Crippen molar-refractivity contribution >= 4 is 21.9 Å². The lowest BCUT2D eigenvalue weighted by atomic mass is 9.98. The van der Waals surface area contributed by atoms with Crippen molar-refractivity contribution in [2.45, 2.75) is 19.4 Å². The molecule has 0 amide bonds. The molecule has 4 N–H and O–H groups in total. The minimum Gasteiger partial charge on any atom is -0.506 e. The molecule has 1 rings (SSSR count). The summed E-state index contributed by atoms with van der Waals surface area (Å²) in [7, 11) is 0. The molecule has 5 heteroatoms. The Hall–Kier alpha value is -1.33. The molecular formula is C12H14BrNO3. The maximum Gasteiger partial charge on any atom is 0.335 e. The van der Waals surface area contributed by atoms with Gasteiger partial charge in [-0.3, -0.25) is 0 Å². The van der Waals surface area contributed by atoms with Crippen molar-refractivity contribution in [2.75, 3.05) is 0 Å². The number of carboxylic acids is 1. The van der Waals surface area contributed by atoms with Crippen LogP contribution in [0.1, 0.15) is 35.3 Å². The number of benzene rings is 1. The Morgan fingerprint density at radius 3 is 2.65 bits per heavy atom. The van der Waals surface area contributed by atoms with Crippen LogP contribution in [0.5, 0.6) is 5.75 Å². The van der Waals surface area contributed by atoms with Crippen LogP contribution in [0.25, 0.3) is 0 Å². The zero-order valence-corrected chi connectivity index (χ0v) is 11.0. The van der Waals surface area contributed by atoms with Crippen molar-refractivity contribution in [3.05, 3.63) is 39.9 Å². The van der Waals surface area contributed by atoms with Crippen molar-refractivity contribution in [1.82, 2.24) is 0 Å². The monoisotopic (exact) mass is 299 g/mol. The topological polar surface area (TPSA) is 83.6 Å². The van der Waals surface area contributed by atoms with Crippen LogP contribution in [-0.2, 0) is 0 Å². The van der Waals surface area contributed by atoms with Crippen LogP contribution in [0.3, 0.4) is 0 Å². The molecular weight excluding hydrogens is 286 g/mol. The quantitative estimate of drug-likeness (QED) is 0.747. The number of carbonyl (C=O) groups is 1. The van der Waals surface area contributed by atoms with Crippen LogP contribution in [0.4, 0.5) is 0 Å². The van der Waals surface area contributed by atoms with Gasteiger partial charge in [-0.2, -0.15) is 0 Å². The van der Waals surface area contributed by atoms with E-state index in [0.717, 1.165) is 5.57 Å². The maximum atomic E-state index is 10.9. The van der Waals surface area contributed by atoms with Gasteiger partial charge < -0.3 is 15.9 Å². The molecule has 0 radical (unpaired) electrons. The third kappa shape index (κ3) is 3.31. The number of aromatic carboxylic acids is 1. The van der Waals surface area contributed by atoms with E-state index in [1.54, 1.807) is 0 Å². The number of carboxylic acid groups (broad SMARTS) is 1. The van der Waals surface area contributed by atoms with E-state index in [4.69, 9.17) is 10.8 Å². The molecule has 0 spiro atoms. The third-order valence-corrected chi connectivity index (χ3v) is 2.91. The fourth-order valence-electron chi connectivity index (χ4n) is 1.51. The van der Waals surface area contributed by atoms with Gasteiger partial charge in [0.25, 0.3) is 0 Å². The van der Waals surface area contributed by atoms with Gasteiger partial charge in [0.05, 0.1) is 10.0 Å². The van der Waals surface area contributed by atoms with E-state index in [0.29, 0.717) is 16.5 Å². The molecule has 92 valence electrons. The summed E-state index contributed by atoms with van der Waals surface area (Å²) >= 11 is 3.11. The molecule has 0 saturated heterocycles. The van der Waals surface area contributed by atoms with Crippen LogP contribution >= 0.6 is 15.9 Å². The first kappa shape index (κ1) is 13.7. The third-order valence-electron chi connectivity index (χ3n) is 2.31. The molecule has 0 heterocycles. The van der Waals surface area contributed by atoms with Gasteiger partial charge in [0.1, 0.15) is 5.75 Å². The number of hydrogen-bond donors (Lipinski definition) is 3. The largest absolute Gasteiger partial charge is 0.506 e. The molecule has 0 aliphatic carbocycles. The van der Waals surface area contributed by atoms with Crippen molar-refractivity contribution in [1.29, 1.82) is 0 Å². The standard InChI is InChI=1S/C12H14BrNO3/c1-6(2)3-10(14)8-4-7(12(16)17)5-9(13)11(8)15/h4-5,10,15H,1,3,14H2,2H3,(H,16,17)/t10-/m0/s1. The van der Waals surface area contributed by atoms with Gasteiger partial charge in [0, 0.05) is 11.6 Å². The molecule has 0 bridgehead atoms. The summed E-state index contributed by atoms with van der Waals surface area (Å²) in [5, 5.41) is 18.8. The molecule has 0 fully saturated rings. The Morgan fingerprint density at radius 2 is 2.18 bits per heavy atom. The van der Waals surface area contributed by atoms with Crippen LogP contribution < -0.4 is 5.73 Å². The second-order valence-corrected chi connectivity index (χ2v) is 4.82. The normalized spacial score (nSPS) is 12.2. The number of rotatable bonds is 4. The predicted octanol–water partition coefficient (Wildman–Crippen LogP) is 2.82. The van der Waals surface area contributed by atoms with E-state index in [-0.39, 0.29) is 11.3 Å². The van der Waals surface area contributed by atoms with Gasteiger partial charge in [0.15, 0.2) is 0 Å². The van der Waals surface area contributed by atoms with Crippen molar-refractivity contribution in [2.24, 2.45) is 5.73 Å². The second kappa shape index (κ2) is 5.33. The number of phenols is 1. The number of aromatic hydroxyl groups is 1. The number of hydrogen-bond acceptors (Lipinski definition) is 3. The van der Waals surface area contributed by atoms with Gasteiger partial charge in [-0.1, -0.05) is 5.57 Å². The lowest BCUT2D eigenvalue weighted by molar-refractivity contribution is 0.0696. The Kier molecular flexibility index (Phi) is 4.31. The van der Waals surface area contributed by atoms with Crippen molar-refractivity contribution < 1.29 is 15.0 Å². The van der Waals surface area contributed by atoms with Crippen molar-refractivity contribution in [3.8, 4) is 5.75 Å². The first-order valence-electron chi connectivity index (χ1n) is 4.98. The number of halogens is 1. The summed E-state index contributed by atoms with van der Waals surface area (Å²) in [5.74, 6) is -1.08. The van der Waals surface area contributed by atoms with Crippen molar-refractivity contribution in [3.63, 3.8) is 0 Å². The van der Waals surface area contributed by atoms with Gasteiger partial charge in [-0.25, -0.2) is 4.79 Å². The summed E-state index contributed by atoms with van der Waals surface area (Å²) in [6, 6.07) is 2.26. The van der Waals surface area contributed by atoms with Crippen LogP contribution in [0, 0.1) is 0 Å². The number of nitrogens with two attached hydrogens (primary N) is 1. The van der Waals surface area contributed by atoms with Gasteiger partial charge in [-0.05, 0) is 41.4 Å². The lowest BCUT2D eigenvalue weighted by Gasteiger charge is -2.15. The highest BCUT2D eigenvalue weighted by Crippen LogP contribution is 2.34. The Labute approximate surface area is 108 Å². The zero-order valence-electron chi connectivity index (χ0n) is 9.40. The molecule has 4 nitrogen and oxygen atoms in total. The lowest BCUT2D eigenvalue weighted by Crippen LogP contribution is -2.12.